The fourth-order valence-corrected chi connectivity index (χ4v) is 9.75. The first kappa shape index (κ1) is 47.6. The van der Waals surface area contributed by atoms with Crippen molar-refractivity contribution in [2.45, 2.75) is 90.9 Å². The summed E-state index contributed by atoms with van der Waals surface area (Å²) in [5.74, 6) is 0.849. The zero-order valence-corrected chi connectivity index (χ0v) is 44.1. The summed E-state index contributed by atoms with van der Waals surface area (Å²) in [6.07, 6.45) is 1.96. The molecule has 0 saturated carbocycles. The summed E-state index contributed by atoms with van der Waals surface area (Å²) in [6, 6.07) is 67.3. The first-order valence-corrected chi connectivity index (χ1v) is 23.9. The van der Waals surface area contributed by atoms with Crippen LogP contribution in [0.1, 0.15) is 103 Å². The van der Waals surface area contributed by atoms with Gasteiger partial charge in [0.1, 0.15) is 5.82 Å². The number of para-hydroxylation sites is 3. The second kappa shape index (κ2) is 17.8. The molecule has 0 amide bonds. The van der Waals surface area contributed by atoms with Crippen LogP contribution >= 0.6 is 0 Å². The Hall–Kier alpha value is -6.42. The molecular weight excluding hydrogens is 1020 g/mol. The molecule has 7 aromatic carbocycles. The number of rotatable bonds is 8. The van der Waals surface area contributed by atoms with Crippen molar-refractivity contribution >= 4 is 55.9 Å². The zero-order chi connectivity index (χ0) is 47.8. The second-order valence-electron chi connectivity index (χ2n) is 21.8. The quantitative estimate of drug-likeness (QED) is 0.142. The fourth-order valence-electron chi connectivity index (χ4n) is 9.75. The molecule has 1 aliphatic rings. The molecule has 6 heteroatoms. The monoisotopic (exact) mass is 1080 g/mol. The van der Waals surface area contributed by atoms with Crippen molar-refractivity contribution in [3.05, 3.63) is 222 Å². The van der Waals surface area contributed by atoms with Crippen LogP contribution in [0, 0.1) is 18.8 Å². The molecule has 0 N–H and O–H groups in total. The number of hydrogen-bond acceptors (Lipinski definition) is 4. The van der Waals surface area contributed by atoms with Crippen molar-refractivity contribution in [1.29, 1.82) is 0 Å². The Morgan fingerprint density at radius 1 is 0.478 bits per heavy atom. The normalized spacial score (nSPS) is 13.2. The predicted molar refractivity (Wildman–Crippen MR) is 287 cm³/mol. The largest absolute Gasteiger partial charge is 0.493 e. The van der Waals surface area contributed by atoms with Crippen molar-refractivity contribution in [3.8, 4) is 5.82 Å². The van der Waals surface area contributed by atoms with Crippen LogP contribution in [0.4, 0.5) is 34.1 Å². The predicted octanol–water partition coefficient (Wildman–Crippen LogP) is 16.2. The summed E-state index contributed by atoms with van der Waals surface area (Å²) < 4.78 is 2.28. The number of nitrogens with zero attached hydrogens (tertiary/aromatic N) is 5. The van der Waals surface area contributed by atoms with Gasteiger partial charge in [-0.25, -0.2) is 4.98 Å². The van der Waals surface area contributed by atoms with Gasteiger partial charge in [0, 0.05) is 62.3 Å². The van der Waals surface area contributed by atoms with E-state index < -0.39 is 5.41 Å². The summed E-state index contributed by atoms with van der Waals surface area (Å²) in [5, 5.41) is 2.29. The fraction of sp³-hybridized carbons (Fsp3) is 0.238. The number of fused-ring (bicyclic) bond motifs is 4. The van der Waals surface area contributed by atoms with Crippen LogP contribution in [0.2, 0.25) is 0 Å². The summed E-state index contributed by atoms with van der Waals surface area (Å²) in [6.45, 7) is 25.2. The molecule has 352 valence electrons. The maximum Gasteiger partial charge on any atom is 0.135 e. The van der Waals surface area contributed by atoms with Crippen LogP contribution in [-0.2, 0) is 42.7 Å². The minimum absolute atomic E-state index is 0. The molecule has 0 aliphatic carbocycles. The molecule has 0 bridgehead atoms. The van der Waals surface area contributed by atoms with Crippen LogP contribution < -0.4 is 14.7 Å². The molecule has 5 nitrogen and oxygen atoms in total. The van der Waals surface area contributed by atoms with E-state index in [-0.39, 0.29) is 37.3 Å². The van der Waals surface area contributed by atoms with E-state index >= 15 is 0 Å². The average molecular weight is 1080 g/mol. The van der Waals surface area contributed by atoms with E-state index in [9.17, 15) is 0 Å². The Labute approximate surface area is 424 Å². The zero-order valence-electron chi connectivity index (χ0n) is 41.8. The van der Waals surface area contributed by atoms with Crippen LogP contribution in [-0.4, -0.2) is 16.6 Å². The van der Waals surface area contributed by atoms with Gasteiger partial charge < -0.3 is 19.3 Å². The Bertz CT molecular complexity index is 3240. The van der Waals surface area contributed by atoms with Gasteiger partial charge in [-0.15, -0.1) is 53.6 Å². The summed E-state index contributed by atoms with van der Waals surface area (Å²) >= 11 is 0. The Balaban J connectivity index is 0.00000593. The van der Waals surface area contributed by atoms with Crippen LogP contribution in [0.15, 0.2) is 170 Å². The maximum atomic E-state index is 5.10. The maximum absolute atomic E-state index is 5.10. The van der Waals surface area contributed by atoms with Crippen molar-refractivity contribution in [2.24, 2.45) is 0 Å². The molecule has 9 aromatic rings. The number of aromatic nitrogens is 2. The molecule has 0 atom stereocenters. The van der Waals surface area contributed by atoms with E-state index in [2.05, 4.69) is 278 Å². The topological polar surface area (TPSA) is 27.5 Å². The number of pyridine rings is 1. The van der Waals surface area contributed by atoms with E-state index in [0.717, 1.165) is 67.3 Å². The Morgan fingerprint density at radius 3 is 1.64 bits per heavy atom. The van der Waals surface area contributed by atoms with Crippen LogP contribution in [0.3, 0.4) is 0 Å². The molecule has 1 aliphatic heterocycles. The smallest absolute Gasteiger partial charge is 0.135 e. The first-order chi connectivity index (χ1) is 32.4. The van der Waals surface area contributed by atoms with Gasteiger partial charge >= 0.3 is 0 Å². The van der Waals surface area contributed by atoms with E-state index in [4.69, 9.17) is 4.98 Å². The third kappa shape index (κ3) is 8.69. The molecule has 0 saturated heterocycles. The molecule has 0 spiro atoms. The molecule has 2 aromatic heterocycles. The van der Waals surface area contributed by atoms with E-state index in [1.54, 1.807) is 0 Å². The molecule has 0 radical (unpaired) electrons. The van der Waals surface area contributed by atoms with Gasteiger partial charge in [0.2, 0.25) is 0 Å². The third-order valence-electron chi connectivity index (χ3n) is 14.1. The van der Waals surface area contributed by atoms with Crippen LogP contribution in [0.5, 0.6) is 0 Å². The van der Waals surface area contributed by atoms with E-state index in [1.165, 1.54) is 27.8 Å². The van der Waals surface area contributed by atoms with Gasteiger partial charge in [0.25, 0.3) is 0 Å². The molecular formula is C63H62N5Pt-3. The third-order valence-corrected chi connectivity index (χ3v) is 14.1. The van der Waals surface area contributed by atoms with Crippen molar-refractivity contribution in [1.82, 2.24) is 9.55 Å². The minimum atomic E-state index is -0.421. The first-order valence-electron chi connectivity index (χ1n) is 23.9. The molecule has 3 heterocycles. The standard InChI is InChI=1S/C63H62N5.Pt/c1-60(2,3)46-34-47(61(4,5)6)37-51(36-46)66-42-67(57-29-21-20-28-56(57)66)52-38-48(62(7,8)9)35-50(40-52)65(11)49-30-31-54-53-26-18-19-27-55(53)68(58(54)41-49)59-39-45(32-33-64-59)63(10,43-22-14-12-15-23-43)44-24-16-13-17-25-44;/h12-39,42H,1-11H3;/q-3;. The Morgan fingerprint density at radius 2 is 1.03 bits per heavy atom. The molecule has 69 heavy (non-hydrogen) atoms. The molecule has 0 unspecified atom stereocenters. The van der Waals surface area contributed by atoms with Gasteiger partial charge in [-0.2, -0.15) is 6.07 Å². The second-order valence-corrected chi connectivity index (χ2v) is 21.8. The summed E-state index contributed by atoms with van der Waals surface area (Å²) in [4.78, 5) is 12.0. The Kier molecular flexibility index (Phi) is 12.3. The van der Waals surface area contributed by atoms with E-state index in [1.807, 2.05) is 6.20 Å². The van der Waals surface area contributed by atoms with Gasteiger partial charge in [-0.3, -0.25) is 0 Å². The van der Waals surface area contributed by atoms with Gasteiger partial charge in [0.15, 0.2) is 0 Å². The number of anilines is 6. The van der Waals surface area contributed by atoms with Gasteiger partial charge in [-0.05, 0) is 98.8 Å². The molecule has 0 fully saturated rings. The van der Waals surface area contributed by atoms with Gasteiger partial charge in [-0.1, -0.05) is 176 Å². The van der Waals surface area contributed by atoms with Crippen molar-refractivity contribution in [2.75, 3.05) is 21.7 Å². The number of hydrogen-bond donors (Lipinski definition) is 0. The molecule has 10 rings (SSSR count). The van der Waals surface area contributed by atoms with Crippen molar-refractivity contribution < 1.29 is 21.1 Å². The average Bonchev–Trinajstić information content (AvgIpc) is 3.89. The van der Waals surface area contributed by atoms with E-state index in [0.29, 0.717) is 0 Å². The van der Waals surface area contributed by atoms with Crippen molar-refractivity contribution in [3.63, 3.8) is 0 Å². The SMILES string of the molecule is CN(c1[c-]c2c(cc1)c1ccccc1n2-c1cc(C(C)(c2ccccc2)c2ccccc2)ccn1)c1[c-]c(N2[CH-]N(c3cc(C(C)(C)C)cc(C(C)(C)C)c3)c3ccccc32)cc(C(C)(C)C)c1.[Pt]. The number of benzene rings is 7. The minimum Gasteiger partial charge on any atom is -0.493 e. The van der Waals surface area contributed by atoms with Gasteiger partial charge in [0.05, 0.1) is 0 Å². The van der Waals surface area contributed by atoms with Crippen LogP contribution in [0.25, 0.3) is 27.6 Å². The summed E-state index contributed by atoms with van der Waals surface area (Å²) in [5.41, 5.74) is 15.2. The summed E-state index contributed by atoms with van der Waals surface area (Å²) in [7, 11) is 2.14.